The number of carbonyl (C=O) groups is 1. The van der Waals surface area contributed by atoms with Gasteiger partial charge < -0.3 is 14.6 Å². The third-order valence-corrected chi connectivity index (χ3v) is 4.13. The molecule has 3 heterocycles. The number of morpholine rings is 1. The van der Waals surface area contributed by atoms with Gasteiger partial charge in [0.15, 0.2) is 0 Å². The summed E-state index contributed by atoms with van der Waals surface area (Å²) in [4.78, 5) is 33.1. The van der Waals surface area contributed by atoms with E-state index in [9.17, 15) is 9.59 Å². The number of benzene rings is 1. The minimum absolute atomic E-state index is 0.111. The molecule has 128 valence electrons. The van der Waals surface area contributed by atoms with E-state index in [0.29, 0.717) is 47.8 Å². The normalized spacial score (nSPS) is 17.8. The molecular formula is C16H16N6O3. The van der Waals surface area contributed by atoms with Crippen molar-refractivity contribution in [3.8, 4) is 0 Å². The van der Waals surface area contributed by atoms with E-state index in [1.165, 1.54) is 6.07 Å². The Labute approximate surface area is 142 Å². The predicted molar refractivity (Wildman–Crippen MR) is 88.1 cm³/mol. The Morgan fingerprint density at radius 2 is 2.12 bits per heavy atom. The largest absolute Gasteiger partial charge is 0.368 e. The zero-order valence-electron chi connectivity index (χ0n) is 13.5. The van der Waals surface area contributed by atoms with Gasteiger partial charge in [-0.15, -0.1) is 0 Å². The summed E-state index contributed by atoms with van der Waals surface area (Å²) in [5.74, 6) is 0.408. The molecule has 4 rings (SSSR count). The Kier molecular flexibility index (Phi) is 3.77. The van der Waals surface area contributed by atoms with E-state index in [0.717, 1.165) is 0 Å². The number of hydrogen-bond acceptors (Lipinski definition) is 6. The molecule has 9 heteroatoms. The van der Waals surface area contributed by atoms with E-state index in [2.05, 4.69) is 25.4 Å². The Hall–Kier alpha value is -3.07. The van der Waals surface area contributed by atoms with Crippen LogP contribution in [0.15, 0.2) is 29.1 Å². The van der Waals surface area contributed by atoms with Gasteiger partial charge in [0, 0.05) is 18.2 Å². The number of fused-ring (bicyclic) bond motifs is 1. The molecule has 1 aliphatic rings. The maximum Gasteiger partial charge on any atom is 0.254 e. The molecule has 1 atom stereocenters. The zero-order valence-corrected chi connectivity index (χ0v) is 13.5. The fraction of sp³-hybridized carbons (Fsp3) is 0.312. The van der Waals surface area contributed by atoms with Crippen molar-refractivity contribution in [3.63, 3.8) is 0 Å². The van der Waals surface area contributed by atoms with E-state index >= 15 is 0 Å². The highest BCUT2D eigenvalue weighted by atomic mass is 16.5. The molecular weight excluding hydrogens is 324 g/mol. The Morgan fingerprint density at radius 3 is 2.96 bits per heavy atom. The molecule has 25 heavy (non-hydrogen) atoms. The molecule has 0 bridgehead atoms. The van der Waals surface area contributed by atoms with Crippen LogP contribution in [0.4, 0.5) is 0 Å². The summed E-state index contributed by atoms with van der Waals surface area (Å²) in [5.41, 5.74) is 2.19. The fourth-order valence-electron chi connectivity index (χ4n) is 2.94. The number of nitrogens with zero attached hydrogens (tertiary/aromatic N) is 4. The van der Waals surface area contributed by atoms with Gasteiger partial charge in [-0.05, 0) is 25.1 Å². The van der Waals surface area contributed by atoms with E-state index < -0.39 is 6.10 Å². The standard InChI is InChI=1S/C16H16N6O3/c1-9-17-13(7-15(23)18-9)14-8-22(4-5-25-14)16(24)10-2-3-11-12(6-10)20-21-19-11/h2-3,6-7,14H,4-5,8H2,1H3,(H,17,18,23)(H,19,20,21)/t14-/m1/s1. The zero-order chi connectivity index (χ0) is 17.4. The minimum Gasteiger partial charge on any atom is -0.368 e. The van der Waals surface area contributed by atoms with E-state index in [-0.39, 0.29) is 11.5 Å². The van der Waals surface area contributed by atoms with E-state index in [1.54, 1.807) is 30.0 Å². The maximum atomic E-state index is 12.8. The van der Waals surface area contributed by atoms with Gasteiger partial charge >= 0.3 is 0 Å². The van der Waals surface area contributed by atoms with Crippen molar-refractivity contribution in [2.45, 2.75) is 13.0 Å². The van der Waals surface area contributed by atoms with Crippen molar-refractivity contribution in [1.29, 1.82) is 0 Å². The number of aromatic amines is 2. The van der Waals surface area contributed by atoms with E-state index in [1.807, 2.05) is 0 Å². The van der Waals surface area contributed by atoms with Gasteiger partial charge in [-0.2, -0.15) is 15.4 Å². The van der Waals surface area contributed by atoms with Crippen molar-refractivity contribution in [2.75, 3.05) is 19.7 Å². The van der Waals surface area contributed by atoms with Crippen LogP contribution in [-0.4, -0.2) is 55.9 Å². The highest BCUT2D eigenvalue weighted by Gasteiger charge is 2.27. The SMILES string of the molecule is Cc1nc([C@H]2CN(C(=O)c3ccc4n[nH]nc4c3)CCO2)cc(=O)[nH]1. The molecule has 1 amide bonds. The first-order valence-corrected chi connectivity index (χ1v) is 7.89. The second kappa shape index (κ2) is 6.10. The Morgan fingerprint density at radius 1 is 1.28 bits per heavy atom. The lowest BCUT2D eigenvalue weighted by atomic mass is 10.1. The first kappa shape index (κ1) is 15.5. The highest BCUT2D eigenvalue weighted by Crippen LogP contribution is 2.22. The Balaban J connectivity index is 1.57. The third-order valence-electron chi connectivity index (χ3n) is 4.13. The van der Waals surface area contributed by atoms with Gasteiger partial charge in [-0.3, -0.25) is 9.59 Å². The Bertz CT molecular complexity index is 995. The number of ether oxygens (including phenoxy) is 1. The number of rotatable bonds is 2. The van der Waals surface area contributed by atoms with Crippen LogP contribution >= 0.6 is 0 Å². The molecule has 0 spiro atoms. The number of nitrogens with one attached hydrogen (secondary N) is 2. The van der Waals surface area contributed by atoms with Crippen molar-refractivity contribution in [2.24, 2.45) is 0 Å². The van der Waals surface area contributed by atoms with Crippen LogP contribution in [0.5, 0.6) is 0 Å². The first-order chi connectivity index (χ1) is 12.1. The topological polar surface area (TPSA) is 117 Å². The van der Waals surface area contributed by atoms with Gasteiger partial charge in [0.05, 0.1) is 18.8 Å². The fourth-order valence-corrected chi connectivity index (χ4v) is 2.94. The molecule has 2 aromatic heterocycles. The molecule has 0 saturated carbocycles. The number of carbonyl (C=O) groups excluding carboxylic acids is 1. The average molecular weight is 340 g/mol. The molecule has 1 saturated heterocycles. The van der Waals surface area contributed by atoms with Crippen LogP contribution in [0.2, 0.25) is 0 Å². The van der Waals surface area contributed by atoms with Crippen LogP contribution in [0.1, 0.15) is 28.0 Å². The number of H-pyrrole nitrogens is 2. The summed E-state index contributed by atoms with van der Waals surface area (Å²) in [6, 6.07) is 6.60. The lowest BCUT2D eigenvalue weighted by Crippen LogP contribution is -2.42. The molecule has 1 aliphatic heterocycles. The second-order valence-electron chi connectivity index (χ2n) is 5.89. The van der Waals surface area contributed by atoms with Crippen LogP contribution in [-0.2, 0) is 4.74 Å². The molecule has 3 aromatic rings. The smallest absolute Gasteiger partial charge is 0.254 e. The van der Waals surface area contributed by atoms with Crippen LogP contribution < -0.4 is 5.56 Å². The summed E-state index contributed by atoms with van der Waals surface area (Å²) < 4.78 is 5.71. The molecule has 1 fully saturated rings. The summed E-state index contributed by atoms with van der Waals surface area (Å²) >= 11 is 0. The van der Waals surface area contributed by atoms with Crippen molar-refractivity contribution in [1.82, 2.24) is 30.3 Å². The van der Waals surface area contributed by atoms with Crippen molar-refractivity contribution in [3.05, 3.63) is 51.7 Å². The number of aromatic nitrogens is 5. The summed E-state index contributed by atoms with van der Waals surface area (Å²) in [6.07, 6.45) is -0.422. The molecule has 9 nitrogen and oxygen atoms in total. The third kappa shape index (κ3) is 3.01. The summed E-state index contributed by atoms with van der Waals surface area (Å²) in [6.45, 7) is 2.92. The molecule has 2 N–H and O–H groups in total. The second-order valence-corrected chi connectivity index (χ2v) is 5.89. The summed E-state index contributed by atoms with van der Waals surface area (Å²) in [5, 5.41) is 10.5. The van der Waals surface area contributed by atoms with Gasteiger partial charge in [0.2, 0.25) is 0 Å². The number of amides is 1. The van der Waals surface area contributed by atoms with Crippen molar-refractivity contribution < 1.29 is 9.53 Å². The predicted octanol–water partition coefficient (Wildman–Crippen LogP) is 0.563. The van der Waals surface area contributed by atoms with E-state index in [4.69, 9.17) is 4.74 Å². The van der Waals surface area contributed by atoms with Gasteiger partial charge in [0.25, 0.3) is 11.5 Å². The molecule has 0 radical (unpaired) electrons. The minimum atomic E-state index is -0.422. The van der Waals surface area contributed by atoms with Gasteiger partial charge in [0.1, 0.15) is 23.0 Å². The number of hydrogen-bond donors (Lipinski definition) is 2. The highest BCUT2D eigenvalue weighted by molar-refractivity contribution is 5.97. The maximum absolute atomic E-state index is 12.8. The number of aryl methyl sites for hydroxylation is 1. The molecule has 0 unspecified atom stereocenters. The lowest BCUT2D eigenvalue weighted by molar-refractivity contribution is -0.0248. The van der Waals surface area contributed by atoms with Crippen molar-refractivity contribution >= 4 is 16.9 Å². The van der Waals surface area contributed by atoms with Crippen LogP contribution in [0, 0.1) is 6.92 Å². The first-order valence-electron chi connectivity index (χ1n) is 7.89. The molecule has 0 aliphatic carbocycles. The van der Waals surface area contributed by atoms with Crippen LogP contribution in [0.25, 0.3) is 11.0 Å². The molecule has 1 aromatic carbocycles. The van der Waals surface area contributed by atoms with Crippen LogP contribution in [0.3, 0.4) is 0 Å². The quantitative estimate of drug-likeness (QED) is 0.704. The average Bonchev–Trinajstić information content (AvgIpc) is 3.08. The lowest BCUT2D eigenvalue weighted by Gasteiger charge is -2.32. The van der Waals surface area contributed by atoms with Gasteiger partial charge in [-0.25, -0.2) is 4.98 Å². The monoisotopic (exact) mass is 340 g/mol. The summed E-state index contributed by atoms with van der Waals surface area (Å²) in [7, 11) is 0. The van der Waals surface area contributed by atoms with Gasteiger partial charge in [-0.1, -0.05) is 0 Å².